The number of nitrogens with zero attached hydrogens (tertiary/aromatic N) is 1. The van der Waals surface area contributed by atoms with Gasteiger partial charge in [0.05, 0.1) is 0 Å². The molecule has 15 heavy (non-hydrogen) atoms. The summed E-state index contributed by atoms with van der Waals surface area (Å²) in [6.45, 7) is 0. The fourth-order valence-electron chi connectivity index (χ4n) is 0.834. The summed E-state index contributed by atoms with van der Waals surface area (Å²) in [6.07, 6.45) is -2.96. The minimum atomic E-state index is -4.23. The van der Waals surface area contributed by atoms with Crippen LogP contribution in [0.4, 0.5) is 14.6 Å². The van der Waals surface area contributed by atoms with E-state index in [0.717, 1.165) is 0 Å². The van der Waals surface area contributed by atoms with E-state index in [2.05, 4.69) is 4.98 Å². The van der Waals surface area contributed by atoms with Crippen molar-refractivity contribution < 1.29 is 17.2 Å². The van der Waals surface area contributed by atoms with E-state index >= 15 is 0 Å². The second-order valence-electron chi connectivity index (χ2n) is 2.48. The lowest BCUT2D eigenvalue weighted by atomic mass is 10.3. The highest BCUT2D eigenvalue weighted by atomic mass is 35.7. The van der Waals surface area contributed by atoms with Crippen LogP contribution in [-0.2, 0) is 9.05 Å². The van der Waals surface area contributed by atoms with Crippen LogP contribution in [0.2, 0.25) is 5.02 Å². The highest BCUT2D eigenvalue weighted by Crippen LogP contribution is 2.31. The molecule has 0 amide bonds. The Morgan fingerprint density at radius 3 is 2.40 bits per heavy atom. The van der Waals surface area contributed by atoms with Gasteiger partial charge in [0.15, 0.2) is 0 Å². The summed E-state index contributed by atoms with van der Waals surface area (Å²) < 4.78 is 46.4. The summed E-state index contributed by atoms with van der Waals surface area (Å²) in [5.41, 5.74) is 4.36. The van der Waals surface area contributed by atoms with Crippen molar-refractivity contribution >= 4 is 37.2 Å². The predicted molar refractivity (Wildman–Crippen MR) is 51.7 cm³/mol. The Morgan fingerprint density at radius 2 is 2.00 bits per heavy atom. The van der Waals surface area contributed by atoms with Gasteiger partial charge >= 0.3 is 0 Å². The summed E-state index contributed by atoms with van der Waals surface area (Å²) in [5.74, 6) is -0.506. The van der Waals surface area contributed by atoms with E-state index in [4.69, 9.17) is 28.0 Å². The third kappa shape index (κ3) is 2.67. The number of pyridine rings is 1. The zero-order chi connectivity index (χ0) is 11.8. The Balaban J connectivity index is 3.52. The number of halogens is 4. The van der Waals surface area contributed by atoms with E-state index in [0.29, 0.717) is 6.07 Å². The number of anilines is 1. The van der Waals surface area contributed by atoms with Gasteiger partial charge in [0.1, 0.15) is 21.4 Å². The molecule has 0 saturated carbocycles. The lowest BCUT2D eigenvalue weighted by molar-refractivity contribution is 0.146. The molecule has 84 valence electrons. The fraction of sp³-hybridized carbons (Fsp3) is 0.167. The second-order valence-corrected chi connectivity index (χ2v) is 5.40. The lowest BCUT2D eigenvalue weighted by Crippen LogP contribution is -2.03. The van der Waals surface area contributed by atoms with Crippen molar-refractivity contribution in [3.8, 4) is 0 Å². The smallest absolute Gasteiger partial charge is 0.280 e. The van der Waals surface area contributed by atoms with Crippen molar-refractivity contribution in [1.82, 2.24) is 4.98 Å². The van der Waals surface area contributed by atoms with Gasteiger partial charge in [-0.1, -0.05) is 11.6 Å². The number of aromatic nitrogens is 1. The van der Waals surface area contributed by atoms with E-state index < -0.39 is 36.9 Å². The molecule has 2 N–H and O–H groups in total. The number of hydrogen-bond donors (Lipinski definition) is 1. The van der Waals surface area contributed by atoms with E-state index in [1.54, 1.807) is 0 Å². The van der Waals surface area contributed by atoms with Gasteiger partial charge in [-0.3, -0.25) is 0 Å². The quantitative estimate of drug-likeness (QED) is 0.841. The first kappa shape index (κ1) is 12.4. The molecule has 0 aliphatic heterocycles. The predicted octanol–water partition coefficient (Wildman–Crippen LogP) is 2.18. The molecule has 0 bridgehead atoms. The second kappa shape index (κ2) is 4.07. The standard InChI is InChI=1S/C6H4Cl2F2N2O2S/c7-4-3(15(8,13)14)1-2(5(9)10)12-6(4)11/h1,5H,(H2,11,12). The maximum absolute atomic E-state index is 12.2. The van der Waals surface area contributed by atoms with Crippen LogP contribution in [0.3, 0.4) is 0 Å². The highest BCUT2D eigenvalue weighted by molar-refractivity contribution is 8.13. The van der Waals surface area contributed by atoms with Gasteiger partial charge in [0, 0.05) is 10.7 Å². The SMILES string of the molecule is Nc1nc(C(F)F)cc(S(=O)(=O)Cl)c1Cl. The average molecular weight is 277 g/mol. The van der Waals surface area contributed by atoms with Gasteiger partial charge in [-0.2, -0.15) is 0 Å². The molecule has 1 heterocycles. The first-order chi connectivity index (χ1) is 6.73. The largest absolute Gasteiger partial charge is 0.382 e. The van der Waals surface area contributed by atoms with Crippen molar-refractivity contribution in [2.75, 3.05) is 5.73 Å². The van der Waals surface area contributed by atoms with Crippen LogP contribution in [-0.4, -0.2) is 13.4 Å². The first-order valence-corrected chi connectivity index (χ1v) is 6.11. The van der Waals surface area contributed by atoms with Crippen molar-refractivity contribution in [2.24, 2.45) is 0 Å². The van der Waals surface area contributed by atoms with Gasteiger partial charge in [0.2, 0.25) is 0 Å². The topological polar surface area (TPSA) is 73.0 Å². The molecule has 0 fully saturated rings. The van der Waals surface area contributed by atoms with E-state index in [9.17, 15) is 17.2 Å². The first-order valence-electron chi connectivity index (χ1n) is 3.42. The molecular weight excluding hydrogens is 273 g/mol. The molecule has 9 heteroatoms. The third-order valence-corrected chi connectivity index (χ3v) is 3.31. The summed E-state index contributed by atoms with van der Waals surface area (Å²) in [7, 11) is 0.747. The van der Waals surface area contributed by atoms with Crippen molar-refractivity contribution in [3.05, 3.63) is 16.8 Å². The maximum Gasteiger partial charge on any atom is 0.280 e. The summed E-state index contributed by atoms with van der Waals surface area (Å²) in [5, 5.41) is -0.464. The van der Waals surface area contributed by atoms with Gasteiger partial charge in [0.25, 0.3) is 15.5 Å². The molecule has 4 nitrogen and oxygen atoms in total. The average Bonchev–Trinajstić information content (AvgIpc) is 2.06. The van der Waals surface area contributed by atoms with E-state index in [1.807, 2.05) is 0 Å². The summed E-state index contributed by atoms with van der Waals surface area (Å²) in [6, 6.07) is 0.589. The van der Waals surface area contributed by atoms with Crippen LogP contribution in [0.1, 0.15) is 12.1 Å². The van der Waals surface area contributed by atoms with Gasteiger partial charge in [-0.05, 0) is 6.07 Å². The van der Waals surface area contributed by atoms with Crippen LogP contribution in [0.5, 0.6) is 0 Å². The van der Waals surface area contributed by atoms with Crippen LogP contribution in [0.25, 0.3) is 0 Å². The molecule has 1 aromatic heterocycles. The minimum absolute atomic E-state index is 0.464. The van der Waals surface area contributed by atoms with Crippen LogP contribution in [0, 0.1) is 0 Å². The Bertz CT molecular complexity index is 492. The third-order valence-electron chi connectivity index (χ3n) is 1.46. The van der Waals surface area contributed by atoms with E-state index in [1.165, 1.54) is 0 Å². The number of nitrogen functional groups attached to an aromatic ring is 1. The van der Waals surface area contributed by atoms with Gasteiger partial charge in [-0.15, -0.1) is 0 Å². The molecule has 0 aliphatic rings. The highest BCUT2D eigenvalue weighted by Gasteiger charge is 2.22. The fourth-order valence-corrected chi connectivity index (χ4v) is 2.30. The zero-order valence-electron chi connectivity index (χ0n) is 6.92. The van der Waals surface area contributed by atoms with Crippen molar-refractivity contribution in [3.63, 3.8) is 0 Å². The minimum Gasteiger partial charge on any atom is -0.382 e. The molecule has 0 saturated heterocycles. The molecule has 0 aliphatic carbocycles. The molecule has 0 aromatic carbocycles. The lowest BCUT2D eigenvalue weighted by Gasteiger charge is -2.06. The van der Waals surface area contributed by atoms with Crippen molar-refractivity contribution in [1.29, 1.82) is 0 Å². The van der Waals surface area contributed by atoms with E-state index in [-0.39, 0.29) is 0 Å². The van der Waals surface area contributed by atoms with Gasteiger partial charge in [-0.25, -0.2) is 22.2 Å². The monoisotopic (exact) mass is 276 g/mol. The normalized spacial score (nSPS) is 12.1. The van der Waals surface area contributed by atoms with Crippen LogP contribution < -0.4 is 5.73 Å². The number of hydrogen-bond acceptors (Lipinski definition) is 4. The molecule has 0 unspecified atom stereocenters. The summed E-state index contributed by atoms with van der Waals surface area (Å²) >= 11 is 5.46. The molecule has 0 atom stereocenters. The Kier molecular flexibility index (Phi) is 3.37. The Morgan fingerprint density at radius 1 is 1.47 bits per heavy atom. The molecule has 1 rings (SSSR count). The molecule has 0 spiro atoms. The van der Waals surface area contributed by atoms with Crippen LogP contribution >= 0.6 is 22.3 Å². The van der Waals surface area contributed by atoms with Crippen LogP contribution in [0.15, 0.2) is 11.0 Å². The number of rotatable bonds is 2. The number of alkyl halides is 2. The molecule has 0 radical (unpaired) electrons. The molecule has 1 aromatic rings. The summed E-state index contributed by atoms with van der Waals surface area (Å²) in [4.78, 5) is 2.55. The van der Waals surface area contributed by atoms with Crippen molar-refractivity contribution in [2.45, 2.75) is 11.3 Å². The van der Waals surface area contributed by atoms with Gasteiger partial charge < -0.3 is 5.73 Å². The Labute approximate surface area is 93.4 Å². The molecular formula is C6H4Cl2F2N2O2S. The number of nitrogens with two attached hydrogens (primary N) is 1. The zero-order valence-corrected chi connectivity index (χ0v) is 9.24. The maximum atomic E-state index is 12.2. The Hall–Kier alpha value is -0.660.